The van der Waals surface area contributed by atoms with Crippen molar-refractivity contribution in [1.29, 1.82) is 0 Å². The smallest absolute Gasteiger partial charge is 0.0158 e. The van der Waals surface area contributed by atoms with Crippen LogP contribution in [0.2, 0.25) is 0 Å². The van der Waals surface area contributed by atoms with E-state index in [9.17, 15) is 0 Å². The lowest BCUT2D eigenvalue weighted by atomic mass is 9.80. The third-order valence-corrected chi connectivity index (χ3v) is 10.8. The molecule has 49 heavy (non-hydrogen) atoms. The molecule has 0 saturated carbocycles. The minimum absolute atomic E-state index is 0.104. The predicted octanol–water partition coefficient (Wildman–Crippen LogP) is 13.7. The molecule has 232 valence electrons. The Kier molecular flexibility index (Phi) is 6.58. The van der Waals surface area contributed by atoms with Crippen LogP contribution in [0.15, 0.2) is 176 Å². The van der Waals surface area contributed by atoms with Gasteiger partial charge in [-0.15, -0.1) is 0 Å². The van der Waals surface area contributed by atoms with Gasteiger partial charge in [0, 0.05) is 5.41 Å². The van der Waals surface area contributed by atoms with Crippen molar-refractivity contribution in [3.8, 4) is 33.4 Å². The van der Waals surface area contributed by atoms with Gasteiger partial charge in [0.15, 0.2) is 0 Å². The lowest BCUT2D eigenvalue weighted by molar-refractivity contribution is 0.655. The second-order valence-electron chi connectivity index (χ2n) is 13.8. The third kappa shape index (κ3) is 4.52. The monoisotopic (exact) mass is 624 g/mol. The maximum atomic E-state index is 4.11. The highest BCUT2D eigenvalue weighted by atomic mass is 14.4. The molecule has 0 N–H and O–H groups in total. The van der Waals surface area contributed by atoms with Gasteiger partial charge >= 0.3 is 0 Å². The normalized spacial score (nSPS) is 13.8. The molecule has 0 spiro atoms. The molecule has 0 amide bonds. The van der Waals surface area contributed by atoms with Crippen LogP contribution in [-0.4, -0.2) is 0 Å². The maximum Gasteiger partial charge on any atom is 0.0158 e. The predicted molar refractivity (Wildman–Crippen MR) is 213 cm³/mol. The first kappa shape index (κ1) is 29.2. The molecule has 0 aliphatic heterocycles. The summed E-state index contributed by atoms with van der Waals surface area (Å²) in [5.41, 5.74) is 12.4. The largest absolute Gasteiger partial charge is 0.0987 e. The molecule has 1 aliphatic rings. The summed E-state index contributed by atoms with van der Waals surface area (Å²) in [6, 6.07) is 54.0. The zero-order valence-electron chi connectivity index (χ0n) is 27.9. The van der Waals surface area contributed by atoms with E-state index in [0.717, 1.165) is 0 Å². The van der Waals surface area contributed by atoms with Crippen LogP contribution in [0, 0.1) is 0 Å². The molecular formula is C49H36. The first-order valence-corrected chi connectivity index (χ1v) is 17.1. The van der Waals surface area contributed by atoms with Crippen LogP contribution in [-0.2, 0) is 5.41 Å². The minimum atomic E-state index is -0.104. The van der Waals surface area contributed by atoms with Gasteiger partial charge in [-0.25, -0.2) is 0 Å². The Bertz CT molecular complexity index is 2700. The van der Waals surface area contributed by atoms with Crippen LogP contribution in [0.5, 0.6) is 0 Å². The third-order valence-electron chi connectivity index (χ3n) is 10.8. The van der Waals surface area contributed by atoms with Crippen molar-refractivity contribution >= 4 is 48.7 Å². The first-order valence-electron chi connectivity index (χ1n) is 17.1. The van der Waals surface area contributed by atoms with Gasteiger partial charge in [0.25, 0.3) is 0 Å². The van der Waals surface area contributed by atoms with E-state index in [4.69, 9.17) is 0 Å². The van der Waals surface area contributed by atoms with E-state index in [2.05, 4.69) is 173 Å². The fourth-order valence-corrected chi connectivity index (χ4v) is 8.27. The van der Waals surface area contributed by atoms with Crippen LogP contribution in [0.1, 0.15) is 25.0 Å². The Morgan fingerprint density at radius 3 is 1.69 bits per heavy atom. The van der Waals surface area contributed by atoms with Gasteiger partial charge in [0.1, 0.15) is 0 Å². The van der Waals surface area contributed by atoms with Crippen molar-refractivity contribution in [2.24, 2.45) is 0 Å². The van der Waals surface area contributed by atoms with Gasteiger partial charge < -0.3 is 0 Å². The highest BCUT2D eigenvalue weighted by Crippen LogP contribution is 2.48. The highest BCUT2D eigenvalue weighted by molar-refractivity contribution is 6.23. The van der Waals surface area contributed by atoms with Crippen LogP contribution in [0.25, 0.3) is 82.0 Å². The molecule has 0 heteroatoms. The highest BCUT2D eigenvalue weighted by Gasteiger charge is 2.35. The number of fused-ring (bicyclic) bond motifs is 7. The molecule has 0 radical (unpaired) electrons. The summed E-state index contributed by atoms with van der Waals surface area (Å²) < 4.78 is 0. The SMILES string of the molecule is C=CC1=C(C=C)C(C)(C)c2cc(-c3ccc4cc(-c5ccc6c(ccc7cc(-c8ccccc8)c8ccccc8c76)c5)ccc4c3)ccc21. The van der Waals surface area contributed by atoms with Crippen LogP contribution in [0.4, 0.5) is 0 Å². The number of hydrogen-bond donors (Lipinski definition) is 0. The molecule has 0 saturated heterocycles. The average molecular weight is 625 g/mol. The summed E-state index contributed by atoms with van der Waals surface area (Å²) in [5.74, 6) is 0. The summed E-state index contributed by atoms with van der Waals surface area (Å²) in [6.07, 6.45) is 3.96. The topological polar surface area (TPSA) is 0 Å². The summed E-state index contributed by atoms with van der Waals surface area (Å²) in [4.78, 5) is 0. The molecular weight excluding hydrogens is 589 g/mol. The number of rotatable bonds is 5. The Hall–Kier alpha value is -5.98. The van der Waals surface area contributed by atoms with E-state index in [1.807, 2.05) is 12.2 Å². The molecule has 0 unspecified atom stereocenters. The van der Waals surface area contributed by atoms with Crippen molar-refractivity contribution in [2.45, 2.75) is 19.3 Å². The van der Waals surface area contributed by atoms with Crippen molar-refractivity contribution in [2.75, 3.05) is 0 Å². The van der Waals surface area contributed by atoms with Crippen LogP contribution < -0.4 is 0 Å². The summed E-state index contributed by atoms with van der Waals surface area (Å²) in [5, 5.41) is 10.2. The van der Waals surface area contributed by atoms with Crippen molar-refractivity contribution in [3.05, 3.63) is 188 Å². The summed E-state index contributed by atoms with van der Waals surface area (Å²) >= 11 is 0. The van der Waals surface area contributed by atoms with Crippen LogP contribution >= 0.6 is 0 Å². The second kappa shape index (κ2) is 11.0. The standard InChI is InChI=1S/C49H36/c1-5-40-43-25-23-37(30-47(43)49(3,4)46(40)6-2)35-19-18-32-26-34(17-16-33(32)27-35)36-22-24-41-38(28-36)20-21-39-29-45(31-12-8-7-9-13-31)42-14-10-11-15-44(42)48(39)41/h5-30H,1-2H2,3-4H3. The van der Waals surface area contributed by atoms with Gasteiger partial charge in [0.05, 0.1) is 0 Å². The fourth-order valence-electron chi connectivity index (χ4n) is 8.27. The Balaban J connectivity index is 1.09. The number of benzene rings is 8. The number of hydrogen-bond acceptors (Lipinski definition) is 0. The van der Waals surface area contributed by atoms with Gasteiger partial charge in [-0.2, -0.15) is 0 Å². The first-order chi connectivity index (χ1) is 23.9. The summed E-state index contributed by atoms with van der Waals surface area (Å²) in [7, 11) is 0. The number of allylic oxidation sites excluding steroid dienone is 4. The van der Waals surface area contributed by atoms with Gasteiger partial charge in [-0.05, 0) is 129 Å². The van der Waals surface area contributed by atoms with E-state index in [0.29, 0.717) is 0 Å². The molecule has 8 aromatic carbocycles. The minimum Gasteiger partial charge on any atom is -0.0987 e. The molecule has 9 rings (SSSR count). The molecule has 8 aromatic rings. The Morgan fingerprint density at radius 2 is 1.00 bits per heavy atom. The van der Waals surface area contributed by atoms with E-state index in [-0.39, 0.29) is 5.41 Å². The fraction of sp³-hybridized carbons (Fsp3) is 0.0612. The van der Waals surface area contributed by atoms with E-state index in [1.54, 1.807) is 0 Å². The Morgan fingerprint density at radius 1 is 0.429 bits per heavy atom. The maximum absolute atomic E-state index is 4.11. The van der Waals surface area contributed by atoms with E-state index in [1.165, 1.54) is 98.7 Å². The lowest BCUT2D eigenvalue weighted by Gasteiger charge is -2.23. The summed E-state index contributed by atoms with van der Waals surface area (Å²) in [6.45, 7) is 12.8. The molecule has 1 aliphatic carbocycles. The van der Waals surface area contributed by atoms with Gasteiger partial charge in [-0.1, -0.05) is 154 Å². The van der Waals surface area contributed by atoms with Crippen LogP contribution in [0.3, 0.4) is 0 Å². The zero-order valence-corrected chi connectivity index (χ0v) is 27.9. The lowest BCUT2D eigenvalue weighted by Crippen LogP contribution is -2.16. The van der Waals surface area contributed by atoms with Gasteiger partial charge in [-0.3, -0.25) is 0 Å². The quantitative estimate of drug-likeness (QED) is 0.167. The molecule has 0 aromatic heterocycles. The average Bonchev–Trinajstić information content (AvgIpc) is 3.38. The zero-order chi connectivity index (χ0) is 33.3. The molecule has 0 nitrogen and oxygen atoms in total. The van der Waals surface area contributed by atoms with Crippen molar-refractivity contribution in [1.82, 2.24) is 0 Å². The molecule has 0 atom stereocenters. The second-order valence-corrected chi connectivity index (χ2v) is 13.8. The van der Waals surface area contributed by atoms with E-state index < -0.39 is 0 Å². The Labute approximate surface area is 288 Å². The van der Waals surface area contributed by atoms with E-state index >= 15 is 0 Å². The van der Waals surface area contributed by atoms with Crippen molar-refractivity contribution < 1.29 is 0 Å². The molecule has 0 heterocycles. The van der Waals surface area contributed by atoms with Crippen molar-refractivity contribution in [3.63, 3.8) is 0 Å². The molecule has 0 fully saturated rings. The molecule has 0 bridgehead atoms. The van der Waals surface area contributed by atoms with Gasteiger partial charge in [0.2, 0.25) is 0 Å².